The van der Waals surface area contributed by atoms with Gasteiger partial charge >= 0.3 is 0 Å². The van der Waals surface area contributed by atoms with Gasteiger partial charge in [-0.3, -0.25) is 0 Å². The number of halogens is 2. The normalized spacial score (nSPS) is 10.6. The Morgan fingerprint density at radius 3 is 2.64 bits per heavy atom. The first-order chi connectivity index (χ1) is 6.69. The van der Waals surface area contributed by atoms with E-state index in [0.29, 0.717) is 18.7 Å². The van der Waals surface area contributed by atoms with Gasteiger partial charge in [0.15, 0.2) is 0 Å². The van der Waals surface area contributed by atoms with Crippen LogP contribution in [0.5, 0.6) is 5.75 Å². The second kappa shape index (κ2) is 4.91. The molecule has 14 heavy (non-hydrogen) atoms. The second-order valence-electron chi connectivity index (χ2n) is 2.91. The van der Waals surface area contributed by atoms with Crippen LogP contribution in [0.15, 0.2) is 18.2 Å². The van der Waals surface area contributed by atoms with Gasteiger partial charge in [-0.05, 0) is 24.6 Å². The van der Waals surface area contributed by atoms with Gasteiger partial charge in [0.2, 0.25) is 0 Å². The Morgan fingerprint density at radius 1 is 1.43 bits per heavy atom. The molecule has 2 nitrogen and oxygen atoms in total. The van der Waals surface area contributed by atoms with E-state index in [-0.39, 0.29) is 5.56 Å². The van der Waals surface area contributed by atoms with Crippen molar-refractivity contribution in [1.82, 2.24) is 0 Å². The van der Waals surface area contributed by atoms with Crippen LogP contribution in [-0.4, -0.2) is 13.7 Å². The summed E-state index contributed by atoms with van der Waals surface area (Å²) in [7, 11) is 1.46. The largest absolute Gasteiger partial charge is 0.496 e. The molecule has 0 fully saturated rings. The first kappa shape index (κ1) is 10.9. The summed E-state index contributed by atoms with van der Waals surface area (Å²) in [5.41, 5.74) is 6.21. The van der Waals surface area contributed by atoms with Crippen LogP contribution in [0.4, 0.5) is 8.78 Å². The maximum Gasteiger partial charge on any atom is 0.263 e. The number of hydrogen-bond acceptors (Lipinski definition) is 2. The van der Waals surface area contributed by atoms with Crippen molar-refractivity contribution >= 4 is 0 Å². The molecule has 4 heteroatoms. The zero-order chi connectivity index (χ0) is 10.6. The number of rotatable bonds is 4. The van der Waals surface area contributed by atoms with Crippen molar-refractivity contribution in [3.05, 3.63) is 29.3 Å². The molecule has 0 aliphatic heterocycles. The van der Waals surface area contributed by atoms with Crippen molar-refractivity contribution < 1.29 is 13.5 Å². The molecule has 0 aliphatic carbocycles. The van der Waals surface area contributed by atoms with Crippen LogP contribution in [0.25, 0.3) is 0 Å². The summed E-state index contributed by atoms with van der Waals surface area (Å²) in [5.74, 6) is 0.480. The molecular weight excluding hydrogens is 188 g/mol. The summed E-state index contributed by atoms with van der Waals surface area (Å²) in [4.78, 5) is 0. The minimum Gasteiger partial charge on any atom is -0.496 e. The Balaban J connectivity index is 2.98. The van der Waals surface area contributed by atoms with Gasteiger partial charge in [-0.15, -0.1) is 0 Å². The van der Waals surface area contributed by atoms with Gasteiger partial charge in [-0.25, -0.2) is 8.78 Å². The van der Waals surface area contributed by atoms with Gasteiger partial charge in [0.1, 0.15) is 5.75 Å². The Morgan fingerprint density at radius 2 is 2.14 bits per heavy atom. The first-order valence-corrected chi connectivity index (χ1v) is 4.34. The Hall–Kier alpha value is -1.16. The lowest BCUT2D eigenvalue weighted by atomic mass is 10.1. The Bertz CT molecular complexity index is 302. The van der Waals surface area contributed by atoms with E-state index in [1.165, 1.54) is 19.2 Å². The first-order valence-electron chi connectivity index (χ1n) is 4.34. The summed E-state index contributed by atoms with van der Waals surface area (Å²) >= 11 is 0. The number of benzene rings is 1. The number of ether oxygens (including phenoxy) is 1. The summed E-state index contributed by atoms with van der Waals surface area (Å²) in [5, 5.41) is 0. The van der Waals surface area contributed by atoms with Crippen molar-refractivity contribution in [3.8, 4) is 5.75 Å². The quantitative estimate of drug-likeness (QED) is 0.809. The molecule has 2 N–H and O–H groups in total. The molecule has 1 aromatic carbocycles. The average Bonchev–Trinajstić information content (AvgIpc) is 2.18. The monoisotopic (exact) mass is 201 g/mol. The molecule has 0 aromatic heterocycles. The molecule has 0 heterocycles. The molecular formula is C10H13F2NO. The summed E-state index contributed by atoms with van der Waals surface area (Å²) in [6.45, 7) is 0.477. The van der Waals surface area contributed by atoms with Crippen LogP contribution in [0.3, 0.4) is 0 Å². The van der Waals surface area contributed by atoms with E-state index in [1.807, 2.05) is 0 Å². The highest BCUT2D eigenvalue weighted by Crippen LogP contribution is 2.26. The topological polar surface area (TPSA) is 35.2 Å². The molecule has 78 valence electrons. The molecule has 0 amide bonds. The molecule has 0 saturated heterocycles. The molecule has 0 unspecified atom stereocenters. The van der Waals surface area contributed by atoms with Gasteiger partial charge < -0.3 is 10.5 Å². The van der Waals surface area contributed by atoms with Crippen molar-refractivity contribution in [2.45, 2.75) is 12.8 Å². The number of methoxy groups -OCH3 is 1. The summed E-state index contributed by atoms with van der Waals surface area (Å²) < 4.78 is 29.6. The zero-order valence-corrected chi connectivity index (χ0v) is 7.97. The van der Waals surface area contributed by atoms with Crippen LogP contribution in [-0.2, 0) is 6.42 Å². The smallest absolute Gasteiger partial charge is 0.263 e. The molecule has 0 bridgehead atoms. The van der Waals surface area contributed by atoms with Gasteiger partial charge in [-0.1, -0.05) is 12.1 Å². The number of hydrogen-bond donors (Lipinski definition) is 1. The predicted molar refractivity (Wildman–Crippen MR) is 50.7 cm³/mol. The summed E-state index contributed by atoms with van der Waals surface area (Å²) in [6.07, 6.45) is -1.83. The van der Waals surface area contributed by atoms with E-state index < -0.39 is 6.43 Å². The fourth-order valence-electron chi connectivity index (χ4n) is 1.26. The lowest BCUT2D eigenvalue weighted by Crippen LogP contribution is -2.04. The minimum absolute atomic E-state index is 0.0254. The van der Waals surface area contributed by atoms with Crippen LogP contribution in [0.2, 0.25) is 0 Å². The third kappa shape index (κ3) is 2.42. The predicted octanol–water partition coefficient (Wildman–Crippen LogP) is 2.13. The molecule has 0 aliphatic rings. The van der Waals surface area contributed by atoms with Crippen molar-refractivity contribution in [2.75, 3.05) is 13.7 Å². The van der Waals surface area contributed by atoms with E-state index in [1.54, 1.807) is 6.07 Å². The number of nitrogens with two attached hydrogens (primary N) is 1. The van der Waals surface area contributed by atoms with Gasteiger partial charge in [0.05, 0.1) is 7.11 Å². The van der Waals surface area contributed by atoms with Crippen LogP contribution in [0, 0.1) is 0 Å². The Kier molecular flexibility index (Phi) is 3.83. The van der Waals surface area contributed by atoms with E-state index in [0.717, 1.165) is 5.56 Å². The second-order valence-corrected chi connectivity index (χ2v) is 2.91. The molecule has 1 rings (SSSR count). The highest BCUT2D eigenvalue weighted by Gasteiger charge is 2.10. The molecule has 0 radical (unpaired) electrons. The highest BCUT2D eigenvalue weighted by atomic mass is 19.3. The maximum atomic E-state index is 12.3. The molecule has 0 atom stereocenters. The van der Waals surface area contributed by atoms with Gasteiger partial charge in [-0.2, -0.15) is 0 Å². The third-order valence-electron chi connectivity index (χ3n) is 1.98. The number of alkyl halides is 2. The van der Waals surface area contributed by atoms with E-state index in [9.17, 15) is 8.78 Å². The van der Waals surface area contributed by atoms with Gasteiger partial charge in [0.25, 0.3) is 6.43 Å². The van der Waals surface area contributed by atoms with Crippen molar-refractivity contribution in [3.63, 3.8) is 0 Å². The van der Waals surface area contributed by atoms with E-state index >= 15 is 0 Å². The van der Waals surface area contributed by atoms with Crippen LogP contribution in [0.1, 0.15) is 17.6 Å². The average molecular weight is 201 g/mol. The zero-order valence-electron chi connectivity index (χ0n) is 7.97. The molecule has 1 aromatic rings. The molecule has 0 spiro atoms. The summed E-state index contributed by atoms with van der Waals surface area (Å²) in [6, 6.07) is 4.39. The SMILES string of the molecule is COc1cc(C(F)F)ccc1CCN. The Labute approximate surface area is 81.7 Å². The standard InChI is InChI=1S/C10H13F2NO/c1-14-9-6-8(10(11)12)3-2-7(9)4-5-13/h2-3,6,10H,4-5,13H2,1H3. The van der Waals surface area contributed by atoms with E-state index in [4.69, 9.17) is 10.5 Å². The van der Waals surface area contributed by atoms with Gasteiger partial charge in [0, 0.05) is 5.56 Å². The van der Waals surface area contributed by atoms with E-state index in [2.05, 4.69) is 0 Å². The highest BCUT2D eigenvalue weighted by molar-refractivity contribution is 5.38. The lowest BCUT2D eigenvalue weighted by Gasteiger charge is -2.09. The fraction of sp³-hybridized carbons (Fsp3) is 0.400. The van der Waals surface area contributed by atoms with Crippen molar-refractivity contribution in [1.29, 1.82) is 0 Å². The third-order valence-corrected chi connectivity index (χ3v) is 1.98. The molecule has 0 saturated carbocycles. The fourth-order valence-corrected chi connectivity index (χ4v) is 1.26. The minimum atomic E-state index is -2.46. The van der Waals surface area contributed by atoms with Crippen LogP contribution < -0.4 is 10.5 Å². The maximum absolute atomic E-state index is 12.3. The van der Waals surface area contributed by atoms with Crippen LogP contribution >= 0.6 is 0 Å². The lowest BCUT2D eigenvalue weighted by molar-refractivity contribution is 0.151. The van der Waals surface area contributed by atoms with Crippen molar-refractivity contribution in [2.24, 2.45) is 5.73 Å².